The summed E-state index contributed by atoms with van der Waals surface area (Å²) in [7, 11) is -1.46. The summed E-state index contributed by atoms with van der Waals surface area (Å²) in [5.74, 6) is 0.884. The molecule has 8 heteroatoms. The molecule has 1 aromatic carbocycles. The lowest BCUT2D eigenvalue weighted by molar-refractivity contribution is -0.118. The molecule has 1 aliphatic carbocycles. The summed E-state index contributed by atoms with van der Waals surface area (Å²) in [6.07, 6.45) is 1.81. The number of fused-ring (bicyclic) bond motifs is 1. The zero-order valence-corrected chi connectivity index (χ0v) is 14.8. The molecule has 6 nitrogen and oxygen atoms in total. The zero-order chi connectivity index (χ0) is 16.9. The number of sulfone groups is 1. The first kappa shape index (κ1) is 16.0. The molecular weight excluding hydrogens is 348 g/mol. The Morgan fingerprint density at radius 3 is 2.83 bits per heavy atom. The monoisotopic (exact) mass is 366 g/mol. The number of thioether (sulfide) groups is 1. The second kappa shape index (κ2) is 5.77. The Kier molecular flexibility index (Phi) is 3.84. The predicted molar refractivity (Wildman–Crippen MR) is 94.5 cm³/mol. The molecule has 2 atom stereocenters. The van der Waals surface area contributed by atoms with Crippen LogP contribution in [0.5, 0.6) is 5.75 Å². The van der Waals surface area contributed by atoms with Crippen molar-refractivity contribution in [3.63, 3.8) is 0 Å². The van der Waals surface area contributed by atoms with Crippen LogP contribution in [0.25, 0.3) is 0 Å². The Balaban J connectivity index is 1.72. The van der Waals surface area contributed by atoms with E-state index in [9.17, 15) is 13.2 Å². The van der Waals surface area contributed by atoms with Gasteiger partial charge in [0.25, 0.3) is 5.91 Å². The smallest absolute Gasteiger partial charge is 0.251 e. The van der Waals surface area contributed by atoms with Crippen molar-refractivity contribution in [2.75, 3.05) is 23.5 Å². The minimum atomic E-state index is -3.05. The van der Waals surface area contributed by atoms with E-state index in [4.69, 9.17) is 4.74 Å². The number of carbonyl (C=O) groups excluding carboxylic acids is 1. The largest absolute Gasteiger partial charge is 0.497 e. The molecular formula is C16H18N2O4S2. The number of rotatable bonds is 3. The summed E-state index contributed by atoms with van der Waals surface area (Å²) in [6.45, 7) is 0. The number of methoxy groups -OCH3 is 1. The third-order valence-corrected chi connectivity index (χ3v) is 7.74. The Bertz CT molecular complexity index is 817. The minimum absolute atomic E-state index is 0.0504. The van der Waals surface area contributed by atoms with Gasteiger partial charge in [0.1, 0.15) is 5.75 Å². The number of benzene rings is 1. The van der Waals surface area contributed by atoms with Crippen molar-refractivity contribution in [2.45, 2.75) is 24.1 Å². The van der Waals surface area contributed by atoms with Gasteiger partial charge in [0.05, 0.1) is 24.7 Å². The maximum atomic E-state index is 12.1. The van der Waals surface area contributed by atoms with Gasteiger partial charge in [0, 0.05) is 22.9 Å². The Labute approximate surface area is 145 Å². The quantitative estimate of drug-likeness (QED) is 0.811. The fraction of sp³-hybridized carbons (Fsp3) is 0.500. The van der Waals surface area contributed by atoms with Crippen LogP contribution in [0.15, 0.2) is 29.3 Å². The number of amidine groups is 1. The number of hydrogen-bond acceptors (Lipinski definition) is 5. The maximum Gasteiger partial charge on any atom is 0.251 e. The third-order valence-electron chi connectivity index (χ3n) is 4.53. The van der Waals surface area contributed by atoms with E-state index in [1.54, 1.807) is 7.11 Å². The summed E-state index contributed by atoms with van der Waals surface area (Å²) in [6, 6.07) is 7.26. The number of nitrogens with zero attached hydrogens (tertiary/aromatic N) is 2. The Hall–Kier alpha value is -1.54. The van der Waals surface area contributed by atoms with Gasteiger partial charge < -0.3 is 9.64 Å². The highest BCUT2D eigenvalue weighted by Crippen LogP contribution is 2.42. The van der Waals surface area contributed by atoms with Crippen molar-refractivity contribution < 1.29 is 17.9 Å². The lowest BCUT2D eigenvalue weighted by atomic mass is 10.2. The van der Waals surface area contributed by atoms with Gasteiger partial charge in [-0.25, -0.2) is 8.42 Å². The van der Waals surface area contributed by atoms with E-state index in [-0.39, 0.29) is 34.6 Å². The first-order valence-electron chi connectivity index (χ1n) is 7.90. The molecule has 2 saturated heterocycles. The summed E-state index contributed by atoms with van der Waals surface area (Å²) >= 11 is 1.41. The SMILES string of the molecule is COc1cccc(N2C(=NC(=O)C3CC3)S[C@@H]3CS(=O)(=O)C[C@@H]32)c1. The fourth-order valence-corrected chi connectivity index (χ4v) is 7.06. The van der Waals surface area contributed by atoms with Crippen LogP contribution in [0.1, 0.15) is 12.8 Å². The van der Waals surface area contributed by atoms with Gasteiger partial charge in [-0.05, 0) is 25.0 Å². The van der Waals surface area contributed by atoms with Crippen molar-refractivity contribution in [1.29, 1.82) is 0 Å². The van der Waals surface area contributed by atoms with Gasteiger partial charge in [-0.3, -0.25) is 4.79 Å². The molecule has 0 aromatic heterocycles. The molecule has 2 aliphatic heterocycles. The molecule has 0 spiro atoms. The lowest BCUT2D eigenvalue weighted by Gasteiger charge is -2.24. The summed E-state index contributed by atoms with van der Waals surface area (Å²) < 4.78 is 29.3. The van der Waals surface area contributed by atoms with Crippen LogP contribution in [0.2, 0.25) is 0 Å². The van der Waals surface area contributed by atoms with Crippen LogP contribution in [-0.4, -0.2) is 49.4 Å². The summed E-state index contributed by atoms with van der Waals surface area (Å²) in [5.41, 5.74) is 0.814. The minimum Gasteiger partial charge on any atom is -0.497 e. The number of amides is 1. The number of hydrogen-bond donors (Lipinski definition) is 0. The fourth-order valence-electron chi connectivity index (χ4n) is 3.14. The molecule has 3 aliphatic rings. The van der Waals surface area contributed by atoms with Crippen LogP contribution in [0.3, 0.4) is 0 Å². The van der Waals surface area contributed by atoms with Crippen molar-refractivity contribution in [3.8, 4) is 5.75 Å². The molecule has 0 unspecified atom stereocenters. The van der Waals surface area contributed by atoms with E-state index in [0.717, 1.165) is 18.5 Å². The van der Waals surface area contributed by atoms with Crippen LogP contribution in [-0.2, 0) is 14.6 Å². The van der Waals surface area contributed by atoms with Crippen molar-refractivity contribution in [3.05, 3.63) is 24.3 Å². The normalized spacial score (nSPS) is 29.7. The van der Waals surface area contributed by atoms with E-state index in [2.05, 4.69) is 4.99 Å². The number of carbonyl (C=O) groups is 1. The summed E-state index contributed by atoms with van der Waals surface area (Å²) in [4.78, 5) is 18.4. The molecule has 0 bridgehead atoms. The topological polar surface area (TPSA) is 76.0 Å². The maximum absolute atomic E-state index is 12.1. The molecule has 4 rings (SSSR count). The molecule has 1 amide bonds. The molecule has 2 heterocycles. The molecule has 0 radical (unpaired) electrons. The van der Waals surface area contributed by atoms with E-state index >= 15 is 0 Å². The van der Waals surface area contributed by atoms with Crippen molar-refractivity contribution in [2.24, 2.45) is 10.9 Å². The van der Waals surface area contributed by atoms with E-state index in [1.165, 1.54) is 11.8 Å². The van der Waals surface area contributed by atoms with Crippen LogP contribution in [0, 0.1) is 5.92 Å². The van der Waals surface area contributed by atoms with Crippen LogP contribution >= 0.6 is 11.8 Å². The molecule has 0 N–H and O–H groups in total. The first-order valence-corrected chi connectivity index (χ1v) is 10.6. The van der Waals surface area contributed by atoms with Gasteiger partial charge in [-0.15, -0.1) is 0 Å². The van der Waals surface area contributed by atoms with Gasteiger partial charge in [-0.1, -0.05) is 17.8 Å². The second-order valence-corrected chi connectivity index (χ2v) is 9.74. The number of aliphatic imine (C=N–C) groups is 1. The van der Waals surface area contributed by atoms with Crippen LogP contribution in [0.4, 0.5) is 5.69 Å². The molecule has 128 valence electrons. The van der Waals surface area contributed by atoms with Gasteiger partial charge in [0.2, 0.25) is 0 Å². The molecule has 24 heavy (non-hydrogen) atoms. The average molecular weight is 366 g/mol. The third kappa shape index (κ3) is 2.93. The number of anilines is 1. The molecule has 1 saturated carbocycles. The van der Waals surface area contributed by atoms with Crippen molar-refractivity contribution >= 4 is 38.4 Å². The highest BCUT2D eigenvalue weighted by Gasteiger charge is 2.49. The highest BCUT2D eigenvalue weighted by molar-refractivity contribution is 8.16. The predicted octanol–water partition coefficient (Wildman–Crippen LogP) is 1.71. The van der Waals surface area contributed by atoms with E-state index in [0.29, 0.717) is 10.9 Å². The standard InChI is InChI=1S/C16H18N2O4S2/c1-22-12-4-2-3-11(7-12)18-13-8-24(20,21)9-14(13)23-16(18)17-15(19)10-5-6-10/h2-4,7,10,13-14H,5-6,8-9H2,1H3/t13-,14+/m0/s1. The van der Waals surface area contributed by atoms with E-state index < -0.39 is 9.84 Å². The summed E-state index contributed by atoms with van der Waals surface area (Å²) in [5, 5.41) is 0.539. The lowest BCUT2D eigenvalue weighted by Crippen LogP contribution is -2.37. The first-order chi connectivity index (χ1) is 11.5. The average Bonchev–Trinajstić information content (AvgIpc) is 3.28. The number of ether oxygens (including phenoxy) is 1. The molecule has 1 aromatic rings. The van der Waals surface area contributed by atoms with Gasteiger partial charge >= 0.3 is 0 Å². The Morgan fingerprint density at radius 1 is 1.33 bits per heavy atom. The highest BCUT2D eigenvalue weighted by atomic mass is 32.2. The van der Waals surface area contributed by atoms with E-state index in [1.807, 2.05) is 29.2 Å². The van der Waals surface area contributed by atoms with Gasteiger partial charge in [0.15, 0.2) is 15.0 Å². The second-order valence-electron chi connectivity index (χ2n) is 6.38. The van der Waals surface area contributed by atoms with Crippen molar-refractivity contribution in [1.82, 2.24) is 0 Å². The van der Waals surface area contributed by atoms with Gasteiger partial charge in [-0.2, -0.15) is 4.99 Å². The Morgan fingerprint density at radius 2 is 2.12 bits per heavy atom. The molecule has 3 fully saturated rings. The van der Waals surface area contributed by atoms with Crippen LogP contribution < -0.4 is 9.64 Å². The zero-order valence-electron chi connectivity index (χ0n) is 13.2.